The van der Waals surface area contributed by atoms with E-state index in [9.17, 15) is 4.79 Å². The third-order valence-corrected chi connectivity index (χ3v) is 3.52. The van der Waals surface area contributed by atoms with Crippen molar-refractivity contribution in [2.75, 3.05) is 5.32 Å². The van der Waals surface area contributed by atoms with Gasteiger partial charge in [0.2, 0.25) is 5.91 Å². The molecule has 1 aromatic carbocycles. The fourth-order valence-electron chi connectivity index (χ4n) is 1.84. The molecule has 0 aliphatic rings. The number of thiazole rings is 1. The zero-order valence-corrected chi connectivity index (χ0v) is 11.3. The maximum atomic E-state index is 12.0. The number of aromatic nitrogens is 1. The number of rotatable bonds is 4. The zero-order chi connectivity index (χ0) is 13.0. The standard InChI is InChI=1S/C14H16N2OS/c1-14(2,11-6-4-3-5-7-11)10-12(17)16-13-15-8-9-18-13/h3-9H,10H2,1-2H3,(H,15,16,17). The van der Waals surface area contributed by atoms with Crippen LogP contribution in [-0.4, -0.2) is 10.9 Å². The summed E-state index contributed by atoms with van der Waals surface area (Å²) < 4.78 is 0. The van der Waals surface area contributed by atoms with E-state index in [1.807, 2.05) is 23.6 Å². The van der Waals surface area contributed by atoms with Gasteiger partial charge in [-0.05, 0) is 11.0 Å². The van der Waals surface area contributed by atoms with Crippen LogP contribution >= 0.6 is 11.3 Å². The van der Waals surface area contributed by atoms with E-state index in [-0.39, 0.29) is 11.3 Å². The van der Waals surface area contributed by atoms with Crippen LogP contribution in [0, 0.1) is 0 Å². The molecule has 0 bridgehead atoms. The molecular weight excluding hydrogens is 244 g/mol. The molecule has 0 saturated carbocycles. The highest BCUT2D eigenvalue weighted by atomic mass is 32.1. The Hall–Kier alpha value is -1.68. The normalized spacial score (nSPS) is 11.2. The van der Waals surface area contributed by atoms with Crippen molar-refractivity contribution in [2.45, 2.75) is 25.7 Å². The molecule has 94 valence electrons. The van der Waals surface area contributed by atoms with E-state index < -0.39 is 0 Å². The van der Waals surface area contributed by atoms with Crippen molar-refractivity contribution in [3.8, 4) is 0 Å². The third kappa shape index (κ3) is 3.17. The van der Waals surface area contributed by atoms with Gasteiger partial charge in [-0.1, -0.05) is 44.2 Å². The molecule has 0 unspecified atom stereocenters. The van der Waals surface area contributed by atoms with Crippen LogP contribution in [0.1, 0.15) is 25.8 Å². The Balaban J connectivity index is 2.02. The molecule has 1 amide bonds. The van der Waals surface area contributed by atoms with E-state index in [0.717, 1.165) is 0 Å². The number of carbonyl (C=O) groups excluding carboxylic acids is 1. The Morgan fingerprint density at radius 1 is 1.33 bits per heavy atom. The van der Waals surface area contributed by atoms with Crippen molar-refractivity contribution in [1.82, 2.24) is 4.98 Å². The minimum Gasteiger partial charge on any atom is -0.302 e. The lowest BCUT2D eigenvalue weighted by atomic mass is 9.81. The molecule has 2 rings (SSSR count). The lowest BCUT2D eigenvalue weighted by Gasteiger charge is -2.24. The molecule has 1 heterocycles. The first-order chi connectivity index (χ1) is 8.58. The minimum atomic E-state index is -0.178. The van der Waals surface area contributed by atoms with Gasteiger partial charge in [-0.2, -0.15) is 0 Å². The third-order valence-electron chi connectivity index (χ3n) is 2.84. The highest BCUT2D eigenvalue weighted by Gasteiger charge is 2.24. The van der Waals surface area contributed by atoms with Gasteiger partial charge in [0.25, 0.3) is 0 Å². The number of hydrogen-bond acceptors (Lipinski definition) is 3. The van der Waals surface area contributed by atoms with Crippen LogP contribution in [0.2, 0.25) is 0 Å². The second-order valence-corrected chi connectivity index (χ2v) is 5.71. The maximum absolute atomic E-state index is 12.0. The van der Waals surface area contributed by atoms with E-state index >= 15 is 0 Å². The van der Waals surface area contributed by atoms with Gasteiger partial charge in [0, 0.05) is 18.0 Å². The molecule has 4 heteroatoms. The first-order valence-electron chi connectivity index (χ1n) is 5.83. The molecule has 3 nitrogen and oxygen atoms in total. The van der Waals surface area contributed by atoms with Crippen molar-refractivity contribution in [1.29, 1.82) is 0 Å². The van der Waals surface area contributed by atoms with Gasteiger partial charge < -0.3 is 5.32 Å². The first-order valence-corrected chi connectivity index (χ1v) is 6.71. The van der Waals surface area contributed by atoms with E-state index in [4.69, 9.17) is 0 Å². The molecule has 0 fully saturated rings. The first kappa shape index (κ1) is 12.8. The van der Waals surface area contributed by atoms with Crippen LogP contribution in [0.3, 0.4) is 0 Å². The largest absolute Gasteiger partial charge is 0.302 e. The summed E-state index contributed by atoms with van der Waals surface area (Å²) in [5.41, 5.74) is 0.988. The molecular formula is C14H16N2OS. The highest BCUT2D eigenvalue weighted by molar-refractivity contribution is 7.13. The van der Waals surface area contributed by atoms with E-state index in [0.29, 0.717) is 11.6 Å². The Morgan fingerprint density at radius 2 is 2.06 bits per heavy atom. The van der Waals surface area contributed by atoms with Crippen molar-refractivity contribution < 1.29 is 4.79 Å². The summed E-state index contributed by atoms with van der Waals surface area (Å²) in [6, 6.07) is 10.1. The van der Waals surface area contributed by atoms with E-state index in [1.54, 1.807) is 6.20 Å². The number of benzene rings is 1. The van der Waals surface area contributed by atoms with Gasteiger partial charge in [0.1, 0.15) is 0 Å². The van der Waals surface area contributed by atoms with Crippen LogP contribution in [0.5, 0.6) is 0 Å². The predicted molar refractivity (Wildman–Crippen MR) is 74.8 cm³/mol. The average Bonchev–Trinajstić information content (AvgIpc) is 2.82. The van der Waals surface area contributed by atoms with E-state index in [2.05, 4.69) is 36.3 Å². The van der Waals surface area contributed by atoms with Crippen LogP contribution in [0.4, 0.5) is 5.13 Å². The summed E-state index contributed by atoms with van der Waals surface area (Å²) in [5, 5.41) is 5.32. The van der Waals surface area contributed by atoms with Crippen LogP contribution in [-0.2, 0) is 10.2 Å². The lowest BCUT2D eigenvalue weighted by molar-refractivity contribution is -0.117. The number of carbonyl (C=O) groups is 1. The molecule has 0 atom stereocenters. The van der Waals surface area contributed by atoms with Gasteiger partial charge >= 0.3 is 0 Å². The van der Waals surface area contributed by atoms with Gasteiger partial charge in [0.05, 0.1) is 0 Å². The molecule has 1 N–H and O–H groups in total. The summed E-state index contributed by atoms with van der Waals surface area (Å²) >= 11 is 1.43. The molecule has 0 aliphatic heterocycles. The SMILES string of the molecule is CC(C)(CC(=O)Nc1nccs1)c1ccccc1. The molecule has 0 spiro atoms. The Bertz CT molecular complexity index is 506. The van der Waals surface area contributed by atoms with Crippen molar-refractivity contribution in [3.05, 3.63) is 47.5 Å². The fraction of sp³-hybridized carbons (Fsp3) is 0.286. The van der Waals surface area contributed by atoms with Crippen molar-refractivity contribution >= 4 is 22.4 Å². The van der Waals surface area contributed by atoms with Crippen LogP contribution < -0.4 is 5.32 Å². The highest BCUT2D eigenvalue weighted by Crippen LogP contribution is 2.27. The monoisotopic (exact) mass is 260 g/mol. The average molecular weight is 260 g/mol. The molecule has 0 aliphatic carbocycles. The van der Waals surface area contributed by atoms with Crippen LogP contribution in [0.25, 0.3) is 0 Å². The number of amides is 1. The Morgan fingerprint density at radius 3 is 2.67 bits per heavy atom. The summed E-state index contributed by atoms with van der Waals surface area (Å²) in [4.78, 5) is 16.0. The number of hydrogen-bond donors (Lipinski definition) is 1. The topological polar surface area (TPSA) is 42.0 Å². The maximum Gasteiger partial charge on any atom is 0.227 e. The van der Waals surface area contributed by atoms with Crippen molar-refractivity contribution in [2.24, 2.45) is 0 Å². The molecule has 0 radical (unpaired) electrons. The van der Waals surface area contributed by atoms with Crippen LogP contribution in [0.15, 0.2) is 41.9 Å². The van der Waals surface area contributed by atoms with E-state index in [1.165, 1.54) is 16.9 Å². The Labute approximate surface area is 111 Å². The molecule has 0 saturated heterocycles. The van der Waals surface area contributed by atoms with Gasteiger partial charge in [0.15, 0.2) is 5.13 Å². The molecule has 18 heavy (non-hydrogen) atoms. The fourth-order valence-corrected chi connectivity index (χ4v) is 2.39. The smallest absolute Gasteiger partial charge is 0.227 e. The van der Waals surface area contributed by atoms with Crippen molar-refractivity contribution in [3.63, 3.8) is 0 Å². The predicted octanol–water partition coefficient (Wildman–Crippen LogP) is 3.45. The minimum absolute atomic E-state index is 0.00111. The second-order valence-electron chi connectivity index (χ2n) is 4.81. The summed E-state index contributed by atoms with van der Waals surface area (Å²) in [6.07, 6.45) is 2.12. The zero-order valence-electron chi connectivity index (χ0n) is 10.5. The van der Waals surface area contributed by atoms with Gasteiger partial charge in [-0.15, -0.1) is 11.3 Å². The second kappa shape index (κ2) is 5.31. The number of nitrogens with one attached hydrogen (secondary N) is 1. The number of nitrogens with zero attached hydrogens (tertiary/aromatic N) is 1. The lowest BCUT2D eigenvalue weighted by Crippen LogP contribution is -2.25. The van der Waals surface area contributed by atoms with Gasteiger partial charge in [-0.3, -0.25) is 4.79 Å². The summed E-state index contributed by atoms with van der Waals surface area (Å²) in [5.74, 6) is -0.00111. The number of anilines is 1. The quantitative estimate of drug-likeness (QED) is 0.914. The van der Waals surface area contributed by atoms with Gasteiger partial charge in [-0.25, -0.2) is 4.98 Å². The Kier molecular flexibility index (Phi) is 3.77. The summed E-state index contributed by atoms with van der Waals surface area (Å²) in [7, 11) is 0. The molecule has 2 aromatic rings. The summed E-state index contributed by atoms with van der Waals surface area (Å²) in [6.45, 7) is 4.15. The molecule has 1 aromatic heterocycles.